The molecule has 3 heteroatoms. The number of fused-ring (bicyclic) bond motifs is 5. The van der Waals surface area contributed by atoms with Crippen LogP contribution in [0.25, 0.3) is 0 Å². The molecule has 0 saturated heterocycles. The lowest BCUT2D eigenvalue weighted by Gasteiger charge is -2.58. The quantitative estimate of drug-likeness (QED) is 0.399. The number of aliphatic hydroxyl groups is 2. The Labute approximate surface area is 150 Å². The van der Waals surface area contributed by atoms with E-state index in [1.165, 1.54) is 5.57 Å². The molecule has 3 fully saturated rings. The summed E-state index contributed by atoms with van der Waals surface area (Å²) in [5.41, 5.74) is 0.577. The van der Waals surface area contributed by atoms with Crippen LogP contribution in [0.4, 0.5) is 0 Å². The molecule has 134 valence electrons. The van der Waals surface area contributed by atoms with Gasteiger partial charge in [-0.15, -0.1) is 6.42 Å². The molecule has 3 saturated carbocycles. The molecule has 0 unspecified atom stereocenters. The van der Waals surface area contributed by atoms with Gasteiger partial charge in [0, 0.05) is 11.0 Å². The Morgan fingerprint density at radius 3 is 2.64 bits per heavy atom. The van der Waals surface area contributed by atoms with Gasteiger partial charge in [-0.2, -0.15) is 0 Å². The zero-order chi connectivity index (χ0) is 18.0. The minimum Gasteiger partial charge on any atom is -0.515 e. The lowest BCUT2D eigenvalue weighted by molar-refractivity contribution is -0.115. The predicted octanol–water partition coefficient (Wildman–Crippen LogP) is 3.93. The molecular weight excluding hydrogens is 312 g/mol. The van der Waals surface area contributed by atoms with E-state index in [0.29, 0.717) is 36.2 Å². The first-order chi connectivity index (χ1) is 11.8. The van der Waals surface area contributed by atoms with Gasteiger partial charge in [0.05, 0.1) is 6.26 Å². The maximum atomic E-state index is 12.2. The molecule has 0 aromatic rings. The van der Waals surface area contributed by atoms with Gasteiger partial charge in [0.2, 0.25) is 0 Å². The summed E-state index contributed by atoms with van der Waals surface area (Å²) >= 11 is 0. The summed E-state index contributed by atoms with van der Waals surface area (Å²) in [6.45, 7) is 4.47. The second kappa shape index (κ2) is 5.24. The van der Waals surface area contributed by atoms with Gasteiger partial charge in [-0.25, -0.2) is 0 Å². The van der Waals surface area contributed by atoms with E-state index < -0.39 is 5.60 Å². The summed E-state index contributed by atoms with van der Waals surface area (Å²) in [5.74, 6) is 4.17. The SMILES string of the molecule is C#C[C@@]1(O)CC[C@H]2[C@@H]3CCC4=CC(=O)/C(=C/O)C[C@]4(C)[C@H]3CC[C@@]21C. The highest BCUT2D eigenvalue weighted by Crippen LogP contribution is 2.67. The van der Waals surface area contributed by atoms with Crippen molar-refractivity contribution in [2.45, 2.75) is 64.4 Å². The van der Waals surface area contributed by atoms with Gasteiger partial charge in [-0.3, -0.25) is 4.79 Å². The van der Waals surface area contributed by atoms with Gasteiger partial charge >= 0.3 is 0 Å². The highest BCUT2D eigenvalue weighted by Gasteiger charge is 2.63. The molecule has 4 rings (SSSR count). The third kappa shape index (κ3) is 2.01. The first kappa shape index (κ1) is 16.9. The van der Waals surface area contributed by atoms with Gasteiger partial charge in [0.1, 0.15) is 5.60 Å². The molecule has 2 N–H and O–H groups in total. The number of carbonyl (C=O) groups is 1. The number of rotatable bonds is 0. The van der Waals surface area contributed by atoms with Crippen LogP contribution in [0.1, 0.15) is 58.8 Å². The summed E-state index contributed by atoms with van der Waals surface area (Å²) in [6.07, 6.45) is 14.8. The fourth-order valence-corrected chi connectivity index (χ4v) is 6.90. The van der Waals surface area contributed by atoms with Crippen molar-refractivity contribution < 1.29 is 15.0 Å². The van der Waals surface area contributed by atoms with Crippen molar-refractivity contribution in [2.24, 2.45) is 28.6 Å². The Bertz CT molecular complexity index is 726. The lowest BCUT2D eigenvalue weighted by atomic mass is 9.46. The molecule has 0 radical (unpaired) electrons. The van der Waals surface area contributed by atoms with Crippen molar-refractivity contribution in [3.8, 4) is 12.3 Å². The van der Waals surface area contributed by atoms with Crippen LogP contribution in [0.5, 0.6) is 0 Å². The highest BCUT2D eigenvalue weighted by molar-refractivity contribution is 6.05. The standard InChI is InChI=1S/C22H28O3/c1-4-22(25)10-8-18-16-6-5-15-11-19(24)14(13-23)12-20(15,2)17(16)7-9-21(18,22)3/h1,11,13,16-18,23,25H,5-10,12H2,2-3H3/b14-13+/t16-,17+,18+,20+,21+,22-/m1/s1. The summed E-state index contributed by atoms with van der Waals surface area (Å²) in [6, 6.07) is 0. The third-order valence-corrected chi connectivity index (χ3v) is 8.46. The number of hydrogen-bond donors (Lipinski definition) is 2. The van der Waals surface area contributed by atoms with Crippen molar-refractivity contribution in [2.75, 3.05) is 0 Å². The Hall–Kier alpha value is -1.53. The van der Waals surface area contributed by atoms with Gasteiger partial charge in [0.25, 0.3) is 0 Å². The first-order valence-corrected chi connectivity index (χ1v) is 9.58. The van der Waals surface area contributed by atoms with E-state index in [1.54, 1.807) is 6.08 Å². The van der Waals surface area contributed by atoms with Crippen molar-refractivity contribution in [1.29, 1.82) is 0 Å². The molecule has 4 aliphatic carbocycles. The van der Waals surface area contributed by atoms with Crippen molar-refractivity contribution in [3.05, 3.63) is 23.5 Å². The molecule has 0 aliphatic heterocycles. The molecular formula is C22H28O3. The molecule has 0 aromatic heterocycles. The lowest BCUT2D eigenvalue weighted by Crippen LogP contribution is -2.54. The zero-order valence-corrected chi connectivity index (χ0v) is 15.2. The molecule has 6 atom stereocenters. The fourth-order valence-electron chi connectivity index (χ4n) is 6.90. The van der Waals surface area contributed by atoms with Crippen molar-refractivity contribution in [3.63, 3.8) is 0 Å². The smallest absolute Gasteiger partial charge is 0.184 e. The second-order valence-electron chi connectivity index (χ2n) is 9.20. The first-order valence-electron chi connectivity index (χ1n) is 9.58. The number of hydrogen-bond acceptors (Lipinski definition) is 3. The average Bonchev–Trinajstić information content (AvgIpc) is 2.87. The Morgan fingerprint density at radius 2 is 1.96 bits per heavy atom. The molecule has 4 aliphatic rings. The van der Waals surface area contributed by atoms with Crippen LogP contribution in [0.3, 0.4) is 0 Å². The minimum atomic E-state index is -0.974. The molecule has 0 amide bonds. The minimum absolute atomic E-state index is 0.0309. The van der Waals surface area contributed by atoms with Crippen LogP contribution in [0.2, 0.25) is 0 Å². The topological polar surface area (TPSA) is 57.5 Å². The Kier molecular flexibility index (Phi) is 3.54. The molecule has 0 heterocycles. The monoisotopic (exact) mass is 340 g/mol. The summed E-state index contributed by atoms with van der Waals surface area (Å²) < 4.78 is 0. The maximum absolute atomic E-state index is 12.2. The van der Waals surface area contributed by atoms with Gasteiger partial charge in [-0.1, -0.05) is 25.3 Å². The third-order valence-electron chi connectivity index (χ3n) is 8.46. The summed E-state index contributed by atoms with van der Waals surface area (Å²) in [5, 5.41) is 20.5. The molecule has 0 bridgehead atoms. The number of aliphatic hydroxyl groups excluding tert-OH is 1. The van der Waals surface area contributed by atoms with Crippen molar-refractivity contribution in [1.82, 2.24) is 0 Å². The highest BCUT2D eigenvalue weighted by atomic mass is 16.3. The molecule has 25 heavy (non-hydrogen) atoms. The largest absolute Gasteiger partial charge is 0.515 e. The molecule has 3 nitrogen and oxygen atoms in total. The van der Waals surface area contributed by atoms with Crippen LogP contribution in [-0.4, -0.2) is 21.6 Å². The van der Waals surface area contributed by atoms with E-state index in [2.05, 4.69) is 19.8 Å². The van der Waals surface area contributed by atoms with E-state index in [1.807, 2.05) is 0 Å². The maximum Gasteiger partial charge on any atom is 0.184 e. The van der Waals surface area contributed by atoms with Gasteiger partial charge in [-0.05, 0) is 74.2 Å². The fraction of sp³-hybridized carbons (Fsp3) is 0.682. The number of carbonyl (C=O) groups excluding carboxylic acids is 1. The van der Waals surface area contributed by atoms with Crippen LogP contribution >= 0.6 is 0 Å². The van der Waals surface area contributed by atoms with E-state index in [-0.39, 0.29) is 16.6 Å². The van der Waals surface area contributed by atoms with E-state index in [9.17, 15) is 15.0 Å². The van der Waals surface area contributed by atoms with Gasteiger partial charge < -0.3 is 10.2 Å². The van der Waals surface area contributed by atoms with E-state index in [0.717, 1.165) is 38.4 Å². The molecule has 0 spiro atoms. The van der Waals surface area contributed by atoms with Crippen LogP contribution in [0, 0.1) is 40.9 Å². The predicted molar refractivity (Wildman–Crippen MR) is 96.6 cm³/mol. The normalized spacial score (nSPS) is 50.5. The second-order valence-corrected chi connectivity index (χ2v) is 9.20. The number of allylic oxidation sites excluding steroid dienone is 2. The van der Waals surface area contributed by atoms with Crippen LogP contribution < -0.4 is 0 Å². The summed E-state index contributed by atoms with van der Waals surface area (Å²) in [4.78, 5) is 12.2. The van der Waals surface area contributed by atoms with Crippen LogP contribution in [0.15, 0.2) is 23.5 Å². The van der Waals surface area contributed by atoms with E-state index >= 15 is 0 Å². The average molecular weight is 340 g/mol. The zero-order valence-electron chi connectivity index (χ0n) is 15.2. The van der Waals surface area contributed by atoms with Gasteiger partial charge in [0.15, 0.2) is 5.78 Å². The van der Waals surface area contributed by atoms with E-state index in [4.69, 9.17) is 6.42 Å². The Morgan fingerprint density at radius 1 is 1.24 bits per heavy atom. The summed E-state index contributed by atoms with van der Waals surface area (Å²) in [7, 11) is 0. The van der Waals surface area contributed by atoms with Crippen molar-refractivity contribution >= 4 is 5.78 Å². The molecule has 0 aromatic carbocycles. The van der Waals surface area contributed by atoms with Crippen LogP contribution in [-0.2, 0) is 4.79 Å². The number of ketones is 1. The Balaban J connectivity index is 1.72. The number of terminal acetylenes is 1.